The minimum atomic E-state index is -0.448. The third-order valence-corrected chi connectivity index (χ3v) is 4.51. The van der Waals surface area contributed by atoms with E-state index in [0.717, 1.165) is 4.68 Å². The van der Waals surface area contributed by atoms with Crippen LogP contribution in [0.15, 0.2) is 16.6 Å². The molecule has 0 saturated heterocycles. The van der Waals surface area contributed by atoms with Gasteiger partial charge in [0.05, 0.1) is 19.6 Å². The lowest BCUT2D eigenvalue weighted by molar-refractivity contribution is -0.150. The summed E-state index contributed by atoms with van der Waals surface area (Å²) in [4.78, 5) is 24.4. The number of esters is 1. The molecule has 1 saturated carbocycles. The summed E-state index contributed by atoms with van der Waals surface area (Å²) in [5.74, 6) is 1.97. The van der Waals surface area contributed by atoms with Crippen LogP contribution < -0.4 is 5.69 Å². The molecule has 1 heterocycles. The molecule has 0 amide bonds. The molecule has 0 N–H and O–H groups in total. The lowest BCUT2D eigenvalue weighted by atomic mass is 10.1. The largest absolute Gasteiger partial charge is 0.487 e. The highest BCUT2D eigenvalue weighted by Crippen LogP contribution is 2.59. The number of ether oxygens (including phenoxy) is 2. The van der Waals surface area contributed by atoms with E-state index in [2.05, 4.69) is 11.0 Å². The Labute approximate surface area is 145 Å². The van der Waals surface area contributed by atoms with Gasteiger partial charge in [-0.3, -0.25) is 9.36 Å². The number of aryl methyl sites for hydroxylation is 1. The maximum Gasteiger partial charge on any atom is 0.349 e. The Hall–Kier alpha value is -3.00. The van der Waals surface area contributed by atoms with Crippen LogP contribution in [-0.2, 0) is 27.5 Å². The fourth-order valence-corrected chi connectivity index (χ4v) is 2.87. The van der Waals surface area contributed by atoms with Gasteiger partial charge >= 0.3 is 11.7 Å². The van der Waals surface area contributed by atoms with E-state index in [0.29, 0.717) is 5.82 Å². The van der Waals surface area contributed by atoms with Crippen molar-refractivity contribution >= 4 is 5.97 Å². The minimum absolute atomic E-state index is 0.106. The van der Waals surface area contributed by atoms with Crippen LogP contribution in [-0.4, -0.2) is 27.4 Å². The molecule has 25 heavy (non-hydrogen) atoms. The van der Waals surface area contributed by atoms with Gasteiger partial charge in [0, 0.05) is 5.92 Å². The highest BCUT2D eigenvalue weighted by atomic mass is 16.5. The number of allylic oxidation sites excluding steroid dienone is 2. The second-order valence-corrected chi connectivity index (χ2v) is 6.38. The number of rotatable bonds is 6. The minimum Gasteiger partial charge on any atom is -0.487 e. The number of hydrogen-bond donors (Lipinski definition) is 0. The zero-order valence-electron chi connectivity index (χ0n) is 14.6. The van der Waals surface area contributed by atoms with Crippen LogP contribution in [0.4, 0.5) is 0 Å². The molecule has 0 unspecified atom stereocenters. The molecule has 1 aromatic rings. The van der Waals surface area contributed by atoms with E-state index in [1.54, 1.807) is 13.0 Å². The van der Waals surface area contributed by atoms with E-state index in [-0.39, 0.29) is 30.4 Å². The molecule has 8 nitrogen and oxygen atoms in total. The van der Waals surface area contributed by atoms with Crippen molar-refractivity contribution in [3.63, 3.8) is 0 Å². The van der Waals surface area contributed by atoms with E-state index >= 15 is 0 Å². The van der Waals surface area contributed by atoms with Gasteiger partial charge < -0.3 is 9.47 Å². The molecule has 2 rings (SSSR count). The summed E-state index contributed by atoms with van der Waals surface area (Å²) >= 11 is 0. The third-order valence-electron chi connectivity index (χ3n) is 4.51. The van der Waals surface area contributed by atoms with Crippen molar-refractivity contribution in [2.24, 2.45) is 17.3 Å². The van der Waals surface area contributed by atoms with E-state index in [1.807, 2.05) is 19.9 Å². The molecule has 8 heteroatoms. The molecule has 0 aliphatic heterocycles. The van der Waals surface area contributed by atoms with Gasteiger partial charge in [0.1, 0.15) is 11.9 Å². The first kappa shape index (κ1) is 18.3. The average Bonchev–Trinajstić information content (AvgIpc) is 3.01. The summed E-state index contributed by atoms with van der Waals surface area (Å²) in [5, 5.41) is 13.0. The summed E-state index contributed by atoms with van der Waals surface area (Å²) in [6, 6.07) is 1.92. The summed E-state index contributed by atoms with van der Waals surface area (Å²) in [6.07, 6.45) is 6.84. The highest BCUT2D eigenvalue weighted by Gasteiger charge is 2.61. The van der Waals surface area contributed by atoms with Crippen molar-refractivity contribution in [2.75, 3.05) is 7.11 Å². The fourth-order valence-electron chi connectivity index (χ4n) is 2.87. The molecule has 1 aliphatic carbocycles. The number of carbonyl (C=O) groups is 1. The number of methoxy groups -OCH3 is 1. The van der Waals surface area contributed by atoms with Gasteiger partial charge in [0.25, 0.3) is 0 Å². The molecule has 1 fully saturated rings. The summed E-state index contributed by atoms with van der Waals surface area (Å²) in [7, 11) is 1.40. The van der Waals surface area contributed by atoms with E-state index in [4.69, 9.17) is 21.2 Å². The highest BCUT2D eigenvalue weighted by molar-refractivity contribution is 5.78. The number of nitriles is 1. The normalized spacial score (nSPS) is 21.1. The van der Waals surface area contributed by atoms with Gasteiger partial charge in [-0.15, -0.1) is 6.42 Å². The molecule has 2 atom stereocenters. The van der Waals surface area contributed by atoms with Crippen LogP contribution in [0.2, 0.25) is 0 Å². The van der Waals surface area contributed by atoms with Crippen LogP contribution in [0.25, 0.3) is 0 Å². The Bertz CT molecular complexity index is 847. The maximum atomic E-state index is 12.3. The zero-order valence-corrected chi connectivity index (χ0v) is 14.6. The smallest absolute Gasteiger partial charge is 0.349 e. The molecule has 0 bridgehead atoms. The molecule has 1 aliphatic rings. The second-order valence-electron chi connectivity index (χ2n) is 6.38. The predicted molar refractivity (Wildman–Crippen MR) is 87.6 cm³/mol. The van der Waals surface area contributed by atoms with Crippen LogP contribution in [0.5, 0.6) is 0 Å². The van der Waals surface area contributed by atoms with Crippen LogP contribution in [0.3, 0.4) is 0 Å². The topological polar surface area (TPSA) is 99.1 Å². The van der Waals surface area contributed by atoms with Crippen molar-refractivity contribution in [1.29, 1.82) is 5.26 Å². The van der Waals surface area contributed by atoms with Crippen molar-refractivity contribution in [3.8, 4) is 18.4 Å². The molecular weight excluding hydrogens is 324 g/mol. The fraction of sp³-hybridized carbons (Fsp3) is 0.529. The summed E-state index contributed by atoms with van der Waals surface area (Å²) < 4.78 is 12.5. The summed E-state index contributed by atoms with van der Waals surface area (Å²) in [5.41, 5.74) is -0.776. The number of terminal acetylenes is 1. The number of aromatic nitrogens is 3. The van der Waals surface area contributed by atoms with Crippen LogP contribution in [0, 0.1) is 47.8 Å². The Balaban J connectivity index is 2.06. The van der Waals surface area contributed by atoms with Crippen LogP contribution in [0.1, 0.15) is 19.7 Å². The van der Waals surface area contributed by atoms with Gasteiger partial charge in [-0.25, -0.2) is 4.79 Å². The van der Waals surface area contributed by atoms with Gasteiger partial charge in [0.2, 0.25) is 0 Å². The standard InChI is InChI=1S/C17H20N4O4/c1-6-7-20-11(2)19-21(16(20)23)10-25-15(22)14-13(17(14,3)4)8-12(9-18)24-5/h1,8,13-14H,7,10H2,2-5H3/b12-8+/t13-,14+/m1/s1. The number of nitrogens with zero attached hydrogens (tertiary/aromatic N) is 4. The van der Waals surface area contributed by atoms with Crippen molar-refractivity contribution < 1.29 is 14.3 Å². The van der Waals surface area contributed by atoms with Crippen molar-refractivity contribution in [3.05, 3.63) is 28.1 Å². The number of hydrogen-bond acceptors (Lipinski definition) is 6. The molecule has 1 aromatic heterocycles. The maximum absolute atomic E-state index is 12.3. The first-order valence-electron chi connectivity index (χ1n) is 7.68. The van der Waals surface area contributed by atoms with Gasteiger partial charge in [-0.1, -0.05) is 19.8 Å². The second kappa shape index (κ2) is 6.86. The van der Waals surface area contributed by atoms with Crippen molar-refractivity contribution in [2.45, 2.75) is 34.0 Å². The lowest BCUT2D eigenvalue weighted by Crippen LogP contribution is -2.27. The SMILES string of the molecule is C#CCn1c(C)nn(COC(=O)[C@@H]2[C@@H](/C=C(\C#N)OC)C2(C)C)c1=O. The quantitative estimate of drug-likeness (QED) is 0.328. The van der Waals surface area contributed by atoms with E-state index in [1.165, 1.54) is 11.7 Å². The Morgan fingerprint density at radius 1 is 1.52 bits per heavy atom. The Morgan fingerprint density at radius 3 is 2.76 bits per heavy atom. The van der Waals surface area contributed by atoms with Gasteiger partial charge in [0.15, 0.2) is 12.5 Å². The van der Waals surface area contributed by atoms with Gasteiger partial charge in [-0.2, -0.15) is 15.0 Å². The molecular formula is C17H20N4O4. The van der Waals surface area contributed by atoms with E-state index in [9.17, 15) is 9.59 Å². The lowest BCUT2D eigenvalue weighted by Gasteiger charge is -2.04. The zero-order chi connectivity index (χ0) is 18.8. The third kappa shape index (κ3) is 3.43. The predicted octanol–water partition coefficient (Wildman–Crippen LogP) is 0.813. The Kier molecular flexibility index (Phi) is 5.03. The molecule has 0 radical (unpaired) electrons. The number of carbonyl (C=O) groups excluding carboxylic acids is 1. The average molecular weight is 344 g/mol. The van der Waals surface area contributed by atoms with Gasteiger partial charge in [-0.05, 0) is 18.4 Å². The Morgan fingerprint density at radius 2 is 2.20 bits per heavy atom. The molecule has 0 aromatic carbocycles. The first-order chi connectivity index (χ1) is 11.8. The summed E-state index contributed by atoms with van der Waals surface area (Å²) in [6.45, 7) is 5.28. The molecule has 0 spiro atoms. The van der Waals surface area contributed by atoms with Crippen LogP contribution >= 0.6 is 0 Å². The monoisotopic (exact) mass is 344 g/mol. The first-order valence-corrected chi connectivity index (χ1v) is 7.68. The molecule has 132 valence electrons. The van der Waals surface area contributed by atoms with E-state index < -0.39 is 17.6 Å². The van der Waals surface area contributed by atoms with Crippen molar-refractivity contribution in [1.82, 2.24) is 14.3 Å².